The number of carbonyl (C=O) groups is 1. The maximum Gasteiger partial charge on any atom is 0.418 e. The summed E-state index contributed by atoms with van der Waals surface area (Å²) < 4.78 is 24.7. The van der Waals surface area contributed by atoms with Crippen molar-refractivity contribution < 1.29 is 18.3 Å². The van der Waals surface area contributed by atoms with Crippen molar-refractivity contribution in [1.29, 1.82) is 0 Å². The Morgan fingerprint density at radius 3 is 2.59 bits per heavy atom. The third kappa shape index (κ3) is 2.72. The van der Waals surface area contributed by atoms with Gasteiger partial charge in [-0.05, 0) is 19.1 Å². The molecule has 1 aromatic rings. The molecule has 0 amide bonds. The lowest BCUT2D eigenvalue weighted by Gasteiger charge is -2.08. The Morgan fingerprint density at radius 2 is 2.12 bits per heavy atom. The summed E-state index contributed by atoms with van der Waals surface area (Å²) in [4.78, 5) is 22.4. The van der Waals surface area contributed by atoms with E-state index in [1.807, 2.05) is 4.72 Å². The molecule has 0 fully saturated rings. The Labute approximate surface area is 97.1 Å². The molecule has 1 rings (SSSR count). The summed E-state index contributed by atoms with van der Waals surface area (Å²) in [6.45, 7) is 4.48. The van der Waals surface area contributed by atoms with Crippen molar-refractivity contribution in [3.63, 3.8) is 0 Å². The van der Waals surface area contributed by atoms with Crippen LogP contribution in [0.4, 0.5) is 10.5 Å². The van der Waals surface area contributed by atoms with Gasteiger partial charge in [-0.1, -0.05) is 6.58 Å². The maximum absolute atomic E-state index is 11.6. The molecule has 8 heteroatoms. The lowest BCUT2D eigenvalue weighted by molar-refractivity contribution is 0.194. The van der Waals surface area contributed by atoms with Crippen LogP contribution in [0.15, 0.2) is 28.9 Å². The predicted octanol–water partition coefficient (Wildman–Crippen LogP) is 0.568. The number of hydrogen-bond acceptors (Lipinski definition) is 4. The van der Waals surface area contributed by atoms with Crippen molar-refractivity contribution in [3.05, 3.63) is 40.2 Å². The average Bonchev–Trinajstić information content (AvgIpc) is 2.22. The second-order valence-corrected chi connectivity index (χ2v) is 4.75. The summed E-state index contributed by atoms with van der Waals surface area (Å²) >= 11 is 0. The molecule has 0 aromatic carbocycles. The molecule has 0 bridgehead atoms. The first-order valence-electron chi connectivity index (χ1n) is 4.39. The number of anilines is 1. The number of nitrogens with one attached hydrogen (secondary N) is 1. The lowest BCUT2D eigenvalue weighted by atomic mass is 10.3. The van der Waals surface area contributed by atoms with Crippen LogP contribution in [0.1, 0.15) is 5.69 Å². The molecule has 17 heavy (non-hydrogen) atoms. The Hall–Kier alpha value is -2.09. The number of rotatable bonds is 3. The number of aromatic nitrogens is 1. The molecule has 0 spiro atoms. The number of nitrogens with zero attached hydrogens (tertiary/aromatic N) is 1. The molecule has 0 atom stereocenters. The normalized spacial score (nSPS) is 10.9. The smallest absolute Gasteiger partial charge is 0.418 e. The molecule has 92 valence electrons. The zero-order valence-corrected chi connectivity index (χ0v) is 9.69. The zero-order chi connectivity index (χ0) is 13.2. The van der Waals surface area contributed by atoms with Gasteiger partial charge < -0.3 is 5.11 Å². The van der Waals surface area contributed by atoms with E-state index in [4.69, 9.17) is 5.11 Å². The van der Waals surface area contributed by atoms with E-state index < -0.39 is 21.7 Å². The van der Waals surface area contributed by atoms with E-state index >= 15 is 0 Å². The summed E-state index contributed by atoms with van der Waals surface area (Å²) in [5, 5.41) is 9.41. The molecule has 0 radical (unpaired) electrons. The minimum Gasteiger partial charge on any atom is -0.464 e. The van der Waals surface area contributed by atoms with Crippen LogP contribution in [-0.4, -0.2) is 24.2 Å². The summed E-state index contributed by atoms with van der Waals surface area (Å²) in [6, 6.07) is 2.51. The van der Waals surface area contributed by atoms with Gasteiger partial charge in [-0.15, -0.1) is 0 Å². The minimum absolute atomic E-state index is 0.184. The van der Waals surface area contributed by atoms with Gasteiger partial charge in [0.1, 0.15) is 5.69 Å². The largest absolute Gasteiger partial charge is 0.464 e. The topological polar surface area (TPSA) is 105 Å². The summed E-state index contributed by atoms with van der Waals surface area (Å²) in [7, 11) is -3.84. The summed E-state index contributed by atoms with van der Waals surface area (Å²) in [5.74, 6) is 0. The van der Waals surface area contributed by atoms with Gasteiger partial charge in [0.2, 0.25) is 0 Å². The Balaban J connectivity index is 3.40. The molecular weight excluding hydrogens is 248 g/mol. The standard InChI is InChI=1S/C9H10N2O5S/c1-3-17(15,16)10-7-5-4-6(2)11(8(7)12)9(13)14/h3-5,10H,1H2,2H3,(H,13,14). The van der Waals surface area contributed by atoms with E-state index in [0.29, 0.717) is 9.98 Å². The van der Waals surface area contributed by atoms with Crippen LogP contribution in [0, 0.1) is 6.92 Å². The number of carboxylic acid groups (broad SMARTS) is 1. The van der Waals surface area contributed by atoms with Crippen LogP contribution in [0.25, 0.3) is 0 Å². The number of sulfonamides is 1. The van der Waals surface area contributed by atoms with Gasteiger partial charge in [-0.3, -0.25) is 9.52 Å². The molecule has 0 aliphatic rings. The quantitative estimate of drug-likeness (QED) is 0.824. The molecule has 0 aliphatic carbocycles. The van der Waals surface area contributed by atoms with Gasteiger partial charge in [0.05, 0.1) is 0 Å². The van der Waals surface area contributed by atoms with Gasteiger partial charge in [0.25, 0.3) is 15.6 Å². The SMILES string of the molecule is C=CS(=O)(=O)Nc1ccc(C)n(C(=O)O)c1=O. The van der Waals surface area contributed by atoms with Crippen LogP contribution < -0.4 is 10.3 Å². The fourth-order valence-electron chi connectivity index (χ4n) is 1.14. The summed E-state index contributed by atoms with van der Waals surface area (Å²) in [5.41, 5.74) is -1.12. The second-order valence-electron chi connectivity index (χ2n) is 3.13. The molecule has 0 saturated heterocycles. The molecular formula is C9H10N2O5S. The van der Waals surface area contributed by atoms with Crippen molar-refractivity contribution in [2.75, 3.05) is 4.72 Å². The van der Waals surface area contributed by atoms with Crippen LogP contribution >= 0.6 is 0 Å². The van der Waals surface area contributed by atoms with Crippen LogP contribution in [-0.2, 0) is 10.0 Å². The lowest BCUT2D eigenvalue weighted by Crippen LogP contribution is -2.30. The molecule has 7 nitrogen and oxygen atoms in total. The maximum atomic E-state index is 11.6. The first-order valence-corrected chi connectivity index (χ1v) is 5.94. The van der Waals surface area contributed by atoms with Crippen molar-refractivity contribution in [1.82, 2.24) is 4.57 Å². The minimum atomic E-state index is -3.84. The third-order valence-electron chi connectivity index (χ3n) is 1.94. The van der Waals surface area contributed by atoms with Gasteiger partial charge >= 0.3 is 6.09 Å². The van der Waals surface area contributed by atoms with Crippen molar-refractivity contribution in [3.8, 4) is 0 Å². The monoisotopic (exact) mass is 258 g/mol. The summed E-state index contributed by atoms with van der Waals surface area (Å²) in [6.07, 6.45) is -1.48. The molecule has 1 aromatic heterocycles. The van der Waals surface area contributed by atoms with E-state index in [9.17, 15) is 18.0 Å². The number of aryl methyl sites for hydroxylation is 1. The van der Waals surface area contributed by atoms with E-state index in [0.717, 1.165) is 0 Å². The van der Waals surface area contributed by atoms with Crippen molar-refractivity contribution in [2.45, 2.75) is 6.92 Å². The highest BCUT2D eigenvalue weighted by atomic mass is 32.2. The molecule has 0 saturated carbocycles. The molecule has 2 N–H and O–H groups in total. The molecule has 0 aliphatic heterocycles. The fraction of sp³-hybridized carbons (Fsp3) is 0.111. The Bertz CT molecular complexity index is 629. The first-order chi connectivity index (χ1) is 7.78. The molecule has 1 heterocycles. The van der Waals surface area contributed by atoms with Gasteiger partial charge in [0, 0.05) is 11.1 Å². The predicted molar refractivity (Wildman–Crippen MR) is 61.6 cm³/mol. The zero-order valence-electron chi connectivity index (χ0n) is 8.87. The van der Waals surface area contributed by atoms with Crippen LogP contribution in [0.5, 0.6) is 0 Å². The van der Waals surface area contributed by atoms with Crippen molar-refractivity contribution in [2.24, 2.45) is 0 Å². The van der Waals surface area contributed by atoms with Crippen LogP contribution in [0.2, 0.25) is 0 Å². The highest BCUT2D eigenvalue weighted by Gasteiger charge is 2.14. The van der Waals surface area contributed by atoms with Crippen molar-refractivity contribution >= 4 is 21.8 Å². The highest BCUT2D eigenvalue weighted by molar-refractivity contribution is 7.95. The molecule has 0 unspecified atom stereocenters. The third-order valence-corrected chi connectivity index (χ3v) is 2.88. The Morgan fingerprint density at radius 1 is 1.53 bits per heavy atom. The average molecular weight is 258 g/mol. The van der Waals surface area contributed by atoms with Gasteiger partial charge in [-0.2, -0.15) is 0 Å². The van der Waals surface area contributed by atoms with E-state index in [-0.39, 0.29) is 11.4 Å². The Kier molecular flexibility index (Phi) is 3.37. The first kappa shape index (κ1) is 13.0. The van der Waals surface area contributed by atoms with E-state index in [1.165, 1.54) is 19.1 Å². The second kappa shape index (κ2) is 4.42. The fourth-order valence-corrected chi connectivity index (χ4v) is 1.69. The van der Waals surface area contributed by atoms with Crippen LogP contribution in [0.3, 0.4) is 0 Å². The van der Waals surface area contributed by atoms with Gasteiger partial charge in [0.15, 0.2) is 0 Å². The highest BCUT2D eigenvalue weighted by Crippen LogP contribution is 2.05. The van der Waals surface area contributed by atoms with E-state index in [2.05, 4.69) is 6.58 Å². The number of hydrogen-bond donors (Lipinski definition) is 2. The number of pyridine rings is 1. The van der Waals surface area contributed by atoms with E-state index in [1.54, 1.807) is 0 Å². The van der Waals surface area contributed by atoms with Gasteiger partial charge in [-0.25, -0.2) is 17.8 Å².